The number of carbonyl (C=O) groups is 2. The molecule has 28 heavy (non-hydrogen) atoms. The molecule has 8 nitrogen and oxygen atoms in total. The Bertz CT molecular complexity index is 848. The predicted molar refractivity (Wildman–Crippen MR) is 104 cm³/mol. The van der Waals surface area contributed by atoms with Crippen molar-refractivity contribution in [3.05, 3.63) is 48.1 Å². The number of rotatable bonds is 3. The molecule has 3 amide bonds. The highest BCUT2D eigenvalue weighted by Crippen LogP contribution is 2.33. The van der Waals surface area contributed by atoms with Gasteiger partial charge in [-0.25, -0.2) is 9.78 Å². The fraction of sp³-hybridized carbons (Fsp3) is 0.450. The van der Waals surface area contributed by atoms with Crippen molar-refractivity contribution >= 4 is 17.8 Å². The Kier molecular flexibility index (Phi) is 4.18. The molecule has 1 aromatic heterocycles. The molecule has 4 heterocycles. The van der Waals surface area contributed by atoms with E-state index in [0.717, 1.165) is 38.0 Å². The molecule has 2 bridgehead atoms. The summed E-state index contributed by atoms with van der Waals surface area (Å²) in [5, 5.41) is 9.28. The lowest BCUT2D eigenvalue weighted by Crippen LogP contribution is -2.57. The molecular formula is C20H24N6O2. The number of amides is 3. The van der Waals surface area contributed by atoms with E-state index in [0.29, 0.717) is 11.6 Å². The highest BCUT2D eigenvalue weighted by Gasteiger charge is 2.42. The van der Waals surface area contributed by atoms with Gasteiger partial charge in [-0.05, 0) is 43.9 Å². The zero-order chi connectivity index (χ0) is 19.1. The van der Waals surface area contributed by atoms with Crippen LogP contribution in [0, 0.1) is 0 Å². The van der Waals surface area contributed by atoms with E-state index in [1.165, 1.54) is 6.42 Å². The van der Waals surface area contributed by atoms with Crippen LogP contribution >= 0.6 is 0 Å². The quantitative estimate of drug-likeness (QED) is 0.737. The topological polar surface area (TPSA) is 89.6 Å². The standard InChI is InChI=1S/C20H24N6O2/c27-19(22-13-4-3-5-13)15-7-8-16-18(23-15)26(14-9-11-25(16)12-14)20(28)24-17-6-1-2-10-21-17/h1-2,6-8,10,13-15,23H,3-5,9,11-12H2,(H,22,27)(H,21,24,28)/t14-,15?/m0/s1. The molecule has 1 aromatic rings. The van der Waals surface area contributed by atoms with Crippen LogP contribution in [-0.4, -0.2) is 57.9 Å². The summed E-state index contributed by atoms with van der Waals surface area (Å²) in [5.74, 6) is 1.18. The second kappa shape index (κ2) is 6.85. The second-order valence-electron chi connectivity index (χ2n) is 7.76. The van der Waals surface area contributed by atoms with E-state index in [2.05, 4.69) is 25.8 Å². The van der Waals surface area contributed by atoms with E-state index in [1.807, 2.05) is 24.3 Å². The number of hydrogen-bond acceptors (Lipinski definition) is 5. The van der Waals surface area contributed by atoms with Gasteiger partial charge < -0.3 is 15.5 Å². The zero-order valence-corrected chi connectivity index (χ0v) is 15.6. The average molecular weight is 380 g/mol. The third-order valence-electron chi connectivity index (χ3n) is 5.94. The number of allylic oxidation sites excluding steroid dienone is 1. The molecule has 0 radical (unpaired) electrons. The number of carbonyl (C=O) groups excluding carboxylic acids is 2. The number of urea groups is 1. The molecule has 146 valence electrons. The Morgan fingerprint density at radius 3 is 2.86 bits per heavy atom. The highest BCUT2D eigenvalue weighted by molar-refractivity contribution is 5.91. The maximum absolute atomic E-state index is 13.1. The highest BCUT2D eigenvalue weighted by atomic mass is 16.2. The lowest BCUT2D eigenvalue weighted by Gasteiger charge is -2.41. The largest absolute Gasteiger partial charge is 0.366 e. The number of nitrogens with one attached hydrogen (secondary N) is 3. The van der Waals surface area contributed by atoms with E-state index in [1.54, 1.807) is 17.2 Å². The lowest BCUT2D eigenvalue weighted by molar-refractivity contribution is -0.123. The summed E-state index contributed by atoms with van der Waals surface area (Å²) in [6.45, 7) is 1.71. The monoisotopic (exact) mass is 380 g/mol. The van der Waals surface area contributed by atoms with E-state index in [-0.39, 0.29) is 24.0 Å². The molecule has 1 aliphatic carbocycles. The van der Waals surface area contributed by atoms with Crippen LogP contribution in [-0.2, 0) is 4.79 Å². The Hall–Kier alpha value is -3.03. The van der Waals surface area contributed by atoms with Gasteiger partial charge in [0.25, 0.3) is 0 Å². The maximum Gasteiger partial charge on any atom is 0.328 e. The second-order valence-corrected chi connectivity index (χ2v) is 7.76. The van der Waals surface area contributed by atoms with Gasteiger partial charge in [-0.3, -0.25) is 15.0 Å². The van der Waals surface area contributed by atoms with Crippen LogP contribution < -0.4 is 16.0 Å². The minimum absolute atomic E-state index is 0.0366. The van der Waals surface area contributed by atoms with E-state index in [4.69, 9.17) is 0 Å². The van der Waals surface area contributed by atoms with Gasteiger partial charge in [-0.15, -0.1) is 0 Å². The number of anilines is 1. The molecule has 3 N–H and O–H groups in total. The Morgan fingerprint density at radius 2 is 2.11 bits per heavy atom. The summed E-state index contributed by atoms with van der Waals surface area (Å²) < 4.78 is 0. The third kappa shape index (κ3) is 2.98. The Morgan fingerprint density at radius 1 is 1.21 bits per heavy atom. The van der Waals surface area contributed by atoms with Crippen LogP contribution in [0.15, 0.2) is 48.1 Å². The summed E-state index contributed by atoms with van der Waals surface area (Å²) >= 11 is 0. The molecular weight excluding hydrogens is 356 g/mol. The van der Waals surface area contributed by atoms with Crippen molar-refractivity contribution in [1.82, 2.24) is 25.4 Å². The van der Waals surface area contributed by atoms with Crippen LogP contribution in [0.1, 0.15) is 25.7 Å². The van der Waals surface area contributed by atoms with Crippen molar-refractivity contribution in [3.8, 4) is 0 Å². The first-order chi connectivity index (χ1) is 13.7. The molecule has 3 aliphatic heterocycles. The first-order valence-electron chi connectivity index (χ1n) is 9.94. The van der Waals surface area contributed by atoms with Gasteiger partial charge in [0.15, 0.2) is 0 Å². The van der Waals surface area contributed by atoms with Gasteiger partial charge in [-0.1, -0.05) is 12.1 Å². The van der Waals surface area contributed by atoms with Gasteiger partial charge in [-0.2, -0.15) is 0 Å². The number of fused-ring (bicyclic) bond motifs is 3. The maximum atomic E-state index is 13.1. The number of pyridine rings is 1. The molecule has 0 aromatic carbocycles. The van der Waals surface area contributed by atoms with E-state index >= 15 is 0 Å². The van der Waals surface area contributed by atoms with Crippen LogP contribution in [0.2, 0.25) is 0 Å². The Labute approximate surface area is 163 Å². The SMILES string of the molecule is O=C(NC1CCC1)C1C=CC2=C(N1)N(C(=O)Nc1ccccn1)[C@H]1CCN2C1. The van der Waals surface area contributed by atoms with Gasteiger partial charge in [0.1, 0.15) is 17.7 Å². The smallest absolute Gasteiger partial charge is 0.328 e. The molecule has 1 saturated heterocycles. The molecule has 2 fully saturated rings. The number of hydrogen-bond donors (Lipinski definition) is 3. The van der Waals surface area contributed by atoms with Crippen LogP contribution in [0.4, 0.5) is 10.6 Å². The minimum atomic E-state index is -0.469. The first-order valence-corrected chi connectivity index (χ1v) is 9.94. The van der Waals surface area contributed by atoms with Crippen LogP contribution in [0.25, 0.3) is 0 Å². The average Bonchev–Trinajstić information content (AvgIpc) is 3.09. The van der Waals surface area contributed by atoms with E-state index in [9.17, 15) is 9.59 Å². The fourth-order valence-corrected chi connectivity index (χ4v) is 4.21. The molecule has 5 rings (SSSR count). The molecule has 1 unspecified atom stereocenters. The molecule has 4 aliphatic rings. The summed E-state index contributed by atoms with van der Waals surface area (Å²) in [7, 11) is 0. The van der Waals surface area contributed by atoms with Gasteiger partial charge in [0, 0.05) is 25.3 Å². The Balaban J connectivity index is 1.37. The van der Waals surface area contributed by atoms with Crippen molar-refractivity contribution in [2.75, 3.05) is 18.4 Å². The predicted octanol–water partition coefficient (Wildman–Crippen LogP) is 1.37. The van der Waals surface area contributed by atoms with Crippen molar-refractivity contribution in [3.63, 3.8) is 0 Å². The first kappa shape index (κ1) is 17.1. The van der Waals surface area contributed by atoms with Gasteiger partial charge >= 0.3 is 6.03 Å². The lowest BCUT2D eigenvalue weighted by atomic mass is 9.93. The number of dihydropyridines is 1. The van der Waals surface area contributed by atoms with Crippen molar-refractivity contribution in [1.29, 1.82) is 0 Å². The summed E-state index contributed by atoms with van der Waals surface area (Å²) in [6.07, 6.45) is 9.68. The van der Waals surface area contributed by atoms with Crippen molar-refractivity contribution in [2.45, 2.75) is 43.8 Å². The molecule has 8 heteroatoms. The van der Waals surface area contributed by atoms with Gasteiger partial charge in [0.2, 0.25) is 5.91 Å². The normalized spacial score (nSPS) is 25.7. The van der Waals surface area contributed by atoms with Crippen molar-refractivity contribution < 1.29 is 9.59 Å². The van der Waals surface area contributed by atoms with Gasteiger partial charge in [0.05, 0.1) is 11.7 Å². The zero-order valence-electron chi connectivity index (χ0n) is 15.6. The third-order valence-corrected chi connectivity index (χ3v) is 5.94. The van der Waals surface area contributed by atoms with Crippen molar-refractivity contribution in [2.24, 2.45) is 0 Å². The molecule has 0 spiro atoms. The minimum Gasteiger partial charge on any atom is -0.366 e. The van der Waals surface area contributed by atoms with Crippen LogP contribution in [0.5, 0.6) is 0 Å². The summed E-state index contributed by atoms with van der Waals surface area (Å²) in [6, 6.07) is 5.08. The summed E-state index contributed by atoms with van der Waals surface area (Å²) in [4.78, 5) is 33.9. The number of nitrogens with zero attached hydrogens (tertiary/aromatic N) is 3. The molecule has 2 atom stereocenters. The number of aromatic nitrogens is 1. The van der Waals surface area contributed by atoms with E-state index < -0.39 is 6.04 Å². The fourth-order valence-electron chi connectivity index (χ4n) is 4.21. The summed E-state index contributed by atoms with van der Waals surface area (Å²) in [5.41, 5.74) is 0.970. The van der Waals surface area contributed by atoms with Crippen LogP contribution in [0.3, 0.4) is 0 Å². The molecule has 1 saturated carbocycles.